The van der Waals surface area contributed by atoms with Crippen LogP contribution < -0.4 is 4.90 Å². The number of anilines is 1. The van der Waals surface area contributed by atoms with Gasteiger partial charge in [-0.3, -0.25) is 14.4 Å². The van der Waals surface area contributed by atoms with E-state index in [1.165, 1.54) is 0 Å². The molecular formula is C30H33ClN2O5S. The monoisotopic (exact) mass is 568 g/mol. The second-order valence-corrected chi connectivity index (χ2v) is 12.4. The molecule has 7 atom stereocenters. The Hall–Kier alpha value is -2.81. The van der Waals surface area contributed by atoms with Crippen LogP contribution in [0.15, 0.2) is 67.3 Å². The number of ether oxygens (including phenoxy) is 1. The van der Waals surface area contributed by atoms with E-state index in [0.29, 0.717) is 17.1 Å². The minimum absolute atomic E-state index is 0.0167. The first-order valence-electron chi connectivity index (χ1n) is 13.3. The summed E-state index contributed by atoms with van der Waals surface area (Å²) in [6.07, 6.45) is 2.35. The van der Waals surface area contributed by atoms with Crippen molar-refractivity contribution in [2.24, 2.45) is 17.8 Å². The molecule has 3 unspecified atom stereocenters. The Morgan fingerprint density at radius 2 is 1.95 bits per heavy atom. The van der Waals surface area contributed by atoms with Crippen molar-refractivity contribution in [2.45, 2.75) is 42.3 Å². The molecule has 1 spiro atoms. The van der Waals surface area contributed by atoms with Crippen LogP contribution in [0.25, 0.3) is 0 Å². The summed E-state index contributed by atoms with van der Waals surface area (Å²) in [5, 5.41) is 11.1. The number of hydrogen-bond acceptors (Lipinski definition) is 6. The fourth-order valence-corrected chi connectivity index (χ4v) is 9.35. The molecule has 2 amide bonds. The molecule has 0 aromatic heterocycles. The highest BCUT2D eigenvalue weighted by molar-refractivity contribution is 8.02. The van der Waals surface area contributed by atoms with Gasteiger partial charge in [0.2, 0.25) is 5.91 Å². The molecule has 2 bridgehead atoms. The zero-order chi connectivity index (χ0) is 27.9. The maximum absolute atomic E-state index is 14.7. The van der Waals surface area contributed by atoms with Crippen molar-refractivity contribution in [3.05, 3.63) is 77.8 Å². The number of esters is 1. The van der Waals surface area contributed by atoms with E-state index in [1.807, 2.05) is 30.3 Å². The summed E-state index contributed by atoms with van der Waals surface area (Å²) in [6.45, 7) is 7.75. The van der Waals surface area contributed by atoms with E-state index in [0.717, 1.165) is 5.56 Å². The quantitative estimate of drug-likeness (QED) is 0.354. The van der Waals surface area contributed by atoms with Crippen LogP contribution in [0.5, 0.6) is 0 Å². The lowest BCUT2D eigenvalue weighted by atomic mass is 9.66. The number of hydrogen-bond donors (Lipinski definition) is 1. The molecular weight excluding hydrogens is 536 g/mol. The lowest BCUT2D eigenvalue weighted by molar-refractivity contribution is -0.154. The summed E-state index contributed by atoms with van der Waals surface area (Å²) in [5.41, 5.74) is 1.35. The van der Waals surface area contributed by atoms with Crippen molar-refractivity contribution in [1.82, 2.24) is 4.90 Å². The van der Waals surface area contributed by atoms with Crippen LogP contribution in [0.3, 0.4) is 0 Å². The largest absolute Gasteiger partial charge is 0.466 e. The number of fused-ring (bicyclic) bond motifs is 1. The lowest BCUT2D eigenvalue weighted by Gasteiger charge is -2.42. The van der Waals surface area contributed by atoms with Crippen molar-refractivity contribution in [1.29, 1.82) is 0 Å². The normalized spacial score (nSPS) is 29.7. The second-order valence-electron chi connectivity index (χ2n) is 10.4. The smallest absolute Gasteiger partial charge is 0.310 e. The molecule has 1 N–H and O–H groups in total. The maximum atomic E-state index is 14.7. The Morgan fingerprint density at radius 3 is 2.56 bits per heavy atom. The number of benzene rings is 2. The molecule has 3 aliphatic heterocycles. The molecule has 3 aliphatic rings. The highest BCUT2D eigenvalue weighted by Crippen LogP contribution is 2.69. The lowest BCUT2D eigenvalue weighted by Crippen LogP contribution is -2.58. The van der Waals surface area contributed by atoms with Gasteiger partial charge in [-0.1, -0.05) is 54.9 Å². The van der Waals surface area contributed by atoms with Gasteiger partial charge in [-0.15, -0.1) is 18.3 Å². The van der Waals surface area contributed by atoms with E-state index in [9.17, 15) is 19.5 Å². The van der Waals surface area contributed by atoms with Gasteiger partial charge in [-0.25, -0.2) is 0 Å². The number of rotatable bonds is 9. The first-order valence-corrected chi connectivity index (χ1v) is 14.6. The van der Waals surface area contributed by atoms with E-state index in [-0.39, 0.29) is 42.7 Å². The zero-order valence-electron chi connectivity index (χ0n) is 22.0. The van der Waals surface area contributed by atoms with E-state index in [4.69, 9.17) is 16.3 Å². The summed E-state index contributed by atoms with van der Waals surface area (Å²) in [7, 11) is 0. The van der Waals surface area contributed by atoms with Gasteiger partial charge < -0.3 is 19.6 Å². The van der Waals surface area contributed by atoms with Crippen LogP contribution in [-0.2, 0) is 19.1 Å². The summed E-state index contributed by atoms with van der Waals surface area (Å²) in [5.74, 6) is -2.33. The number of carbonyl (C=O) groups excluding carboxylic acids is 3. The van der Waals surface area contributed by atoms with Crippen molar-refractivity contribution in [2.75, 3.05) is 24.7 Å². The van der Waals surface area contributed by atoms with Crippen molar-refractivity contribution < 1.29 is 24.2 Å². The average Bonchev–Trinajstić information content (AvgIpc) is 3.53. The van der Waals surface area contributed by atoms with Gasteiger partial charge >= 0.3 is 5.97 Å². The summed E-state index contributed by atoms with van der Waals surface area (Å²) < 4.78 is 4.60. The predicted octanol–water partition coefficient (Wildman–Crippen LogP) is 4.49. The van der Waals surface area contributed by atoms with Gasteiger partial charge in [-0.2, -0.15) is 0 Å². The van der Waals surface area contributed by atoms with Crippen LogP contribution in [0, 0.1) is 17.8 Å². The molecule has 2 aromatic rings. The van der Waals surface area contributed by atoms with Crippen LogP contribution in [0.1, 0.15) is 31.9 Å². The fourth-order valence-electron chi connectivity index (χ4n) is 6.83. The Morgan fingerprint density at radius 1 is 1.26 bits per heavy atom. The number of thioether (sulfide) groups is 1. The molecule has 0 aliphatic carbocycles. The Balaban J connectivity index is 1.67. The second kappa shape index (κ2) is 11.0. The van der Waals surface area contributed by atoms with E-state index in [1.54, 1.807) is 58.8 Å². The van der Waals surface area contributed by atoms with E-state index < -0.39 is 34.6 Å². The molecule has 9 heteroatoms. The number of halogens is 1. The van der Waals surface area contributed by atoms with Crippen LogP contribution in [-0.4, -0.2) is 63.6 Å². The van der Waals surface area contributed by atoms with Crippen molar-refractivity contribution >= 4 is 46.8 Å². The maximum Gasteiger partial charge on any atom is 0.310 e. The number of nitrogens with zero attached hydrogens (tertiary/aromatic N) is 2. The number of likely N-dealkylation sites (tertiary alicyclic amines) is 1. The molecule has 3 fully saturated rings. The van der Waals surface area contributed by atoms with Gasteiger partial charge in [0.05, 0.1) is 35.8 Å². The van der Waals surface area contributed by atoms with Crippen LogP contribution in [0.4, 0.5) is 5.69 Å². The number of aliphatic hydroxyl groups excluding tert-OH is 1. The van der Waals surface area contributed by atoms with Gasteiger partial charge in [0.15, 0.2) is 0 Å². The van der Waals surface area contributed by atoms with Gasteiger partial charge in [0.25, 0.3) is 5.91 Å². The van der Waals surface area contributed by atoms with Crippen molar-refractivity contribution in [3.8, 4) is 0 Å². The highest BCUT2D eigenvalue weighted by atomic mass is 35.5. The van der Waals surface area contributed by atoms with Crippen molar-refractivity contribution in [3.63, 3.8) is 0 Å². The molecule has 3 heterocycles. The minimum Gasteiger partial charge on any atom is -0.466 e. The molecule has 3 saturated heterocycles. The fraction of sp³-hybridized carbons (Fsp3) is 0.433. The summed E-state index contributed by atoms with van der Waals surface area (Å²) >= 11 is 7.71. The average molecular weight is 569 g/mol. The molecule has 5 rings (SSSR count). The Labute approximate surface area is 238 Å². The summed E-state index contributed by atoms with van der Waals surface area (Å²) in [4.78, 5) is 45.6. The number of carbonyl (C=O) groups is 3. The van der Waals surface area contributed by atoms with Crippen LogP contribution >= 0.6 is 23.4 Å². The Kier molecular flexibility index (Phi) is 7.82. The third-order valence-electron chi connectivity index (χ3n) is 8.39. The third-order valence-corrected chi connectivity index (χ3v) is 10.7. The topological polar surface area (TPSA) is 87.2 Å². The number of aliphatic hydroxyl groups is 1. The molecule has 39 heavy (non-hydrogen) atoms. The molecule has 2 aromatic carbocycles. The first-order chi connectivity index (χ1) is 18.8. The molecule has 0 radical (unpaired) electrons. The molecule has 7 nitrogen and oxygen atoms in total. The molecule has 206 valence electrons. The number of amides is 2. The summed E-state index contributed by atoms with van der Waals surface area (Å²) in [6, 6.07) is 14.6. The zero-order valence-corrected chi connectivity index (χ0v) is 23.6. The highest BCUT2D eigenvalue weighted by Gasteiger charge is 2.77. The third kappa shape index (κ3) is 4.37. The predicted molar refractivity (Wildman–Crippen MR) is 152 cm³/mol. The molecule has 0 saturated carbocycles. The first kappa shape index (κ1) is 27.7. The minimum atomic E-state index is -0.910. The van der Waals surface area contributed by atoms with E-state index in [2.05, 4.69) is 13.5 Å². The van der Waals surface area contributed by atoms with Gasteiger partial charge in [-0.05, 0) is 49.1 Å². The van der Waals surface area contributed by atoms with Gasteiger partial charge in [0.1, 0.15) is 6.04 Å². The Bertz CT molecular complexity index is 1260. The standard InChI is InChI=1S/C30H33ClN2O5S/c1-4-15-32(21-13-11-20(31)12-14-21)28(36)26-30-18(3)16-23(39-30)24(29(37)38-5-2)25(30)27(35)33(26)22(17-34)19-9-7-6-8-10-19/h4,6-14,18,22-26,34H,1,5,15-17H2,2-3H3/t18?,22-,23+,24-,25+,26?,30?/m1/s1. The van der Waals surface area contributed by atoms with Crippen LogP contribution in [0.2, 0.25) is 5.02 Å². The van der Waals surface area contributed by atoms with E-state index >= 15 is 0 Å². The SMILES string of the molecule is C=CCN(C(=O)C1N([C@H](CO)c2ccccc2)C(=O)[C@@H]2[C@H](C(=O)OCC)[C@@H]3CC(C)C12S3)c1ccc(Cl)cc1. The van der Waals surface area contributed by atoms with Gasteiger partial charge in [0, 0.05) is 22.5 Å².